The van der Waals surface area contributed by atoms with Crippen molar-refractivity contribution in [3.05, 3.63) is 52.4 Å². The van der Waals surface area contributed by atoms with Crippen molar-refractivity contribution < 1.29 is 9.21 Å². The number of benzene rings is 1. The zero-order valence-electron chi connectivity index (χ0n) is 19.4. The lowest BCUT2D eigenvalue weighted by molar-refractivity contribution is 0.208. The van der Waals surface area contributed by atoms with E-state index in [1.807, 2.05) is 12.1 Å². The lowest BCUT2D eigenvalue weighted by Gasteiger charge is -2.42. The van der Waals surface area contributed by atoms with Gasteiger partial charge in [0.05, 0.1) is 28.4 Å². The number of furan rings is 1. The number of pyridine rings is 1. The first-order chi connectivity index (χ1) is 17.1. The zero-order valence-corrected chi connectivity index (χ0v) is 20.2. The Morgan fingerprint density at radius 1 is 1.17 bits per heavy atom. The van der Waals surface area contributed by atoms with E-state index in [0.717, 1.165) is 80.0 Å². The molecule has 180 valence electrons. The van der Waals surface area contributed by atoms with E-state index in [1.165, 1.54) is 6.42 Å². The SMILES string of the molecule is N#Cc1cccnc1N1CCN(Cc2cc3cc(Cl)c4c(c3o2)C2(CCCCC2)NC(=O)N4)CC1. The van der Waals surface area contributed by atoms with Gasteiger partial charge in [-0.3, -0.25) is 4.90 Å². The van der Waals surface area contributed by atoms with Crippen LogP contribution in [0.4, 0.5) is 16.3 Å². The van der Waals surface area contributed by atoms with E-state index in [2.05, 4.69) is 37.6 Å². The van der Waals surface area contributed by atoms with Crippen LogP contribution in [0.2, 0.25) is 5.02 Å². The van der Waals surface area contributed by atoms with Crippen LogP contribution >= 0.6 is 11.6 Å². The van der Waals surface area contributed by atoms with Crippen LogP contribution in [0.5, 0.6) is 0 Å². The number of hydrogen-bond acceptors (Lipinski definition) is 6. The van der Waals surface area contributed by atoms with Crippen LogP contribution in [0.1, 0.15) is 49.0 Å². The molecule has 2 aliphatic heterocycles. The second-order valence-corrected chi connectivity index (χ2v) is 10.1. The summed E-state index contributed by atoms with van der Waals surface area (Å²) in [4.78, 5) is 21.4. The van der Waals surface area contributed by atoms with E-state index >= 15 is 0 Å². The number of carbonyl (C=O) groups excluding carboxylic acids is 1. The molecular weight excluding hydrogens is 464 g/mol. The normalized spacial score (nSPS) is 19.8. The topological polar surface area (TPSA) is 97.4 Å². The minimum absolute atomic E-state index is 0.197. The second-order valence-electron chi connectivity index (χ2n) is 9.71. The van der Waals surface area contributed by atoms with Crippen LogP contribution in [0, 0.1) is 11.3 Å². The summed E-state index contributed by atoms with van der Waals surface area (Å²) >= 11 is 6.66. The van der Waals surface area contributed by atoms with Gasteiger partial charge in [0.2, 0.25) is 0 Å². The maximum absolute atomic E-state index is 12.5. The smallest absolute Gasteiger partial charge is 0.319 e. The summed E-state index contributed by atoms with van der Waals surface area (Å²) in [6, 6.07) is 9.62. The number of nitrogens with one attached hydrogen (secondary N) is 2. The van der Waals surface area contributed by atoms with Crippen LogP contribution in [0.3, 0.4) is 0 Å². The molecule has 3 aliphatic rings. The average molecular weight is 491 g/mol. The summed E-state index contributed by atoms with van der Waals surface area (Å²) in [5.74, 6) is 1.64. The van der Waals surface area contributed by atoms with Gasteiger partial charge in [0.1, 0.15) is 23.2 Å². The fourth-order valence-corrected chi connectivity index (χ4v) is 6.15. The van der Waals surface area contributed by atoms with Crippen molar-refractivity contribution in [2.24, 2.45) is 0 Å². The molecule has 4 heterocycles. The lowest BCUT2D eigenvalue weighted by Crippen LogP contribution is -2.52. The zero-order chi connectivity index (χ0) is 24.0. The van der Waals surface area contributed by atoms with Gasteiger partial charge in [-0.25, -0.2) is 9.78 Å². The van der Waals surface area contributed by atoms with E-state index < -0.39 is 5.54 Å². The van der Waals surface area contributed by atoms with Crippen molar-refractivity contribution in [2.75, 3.05) is 36.4 Å². The molecule has 2 N–H and O–H groups in total. The number of urea groups is 1. The van der Waals surface area contributed by atoms with Crippen molar-refractivity contribution >= 4 is 40.1 Å². The number of rotatable bonds is 3. The molecule has 0 atom stereocenters. The number of amides is 2. The first-order valence-electron chi connectivity index (χ1n) is 12.2. The predicted molar refractivity (Wildman–Crippen MR) is 135 cm³/mol. The van der Waals surface area contributed by atoms with Gasteiger partial charge < -0.3 is 20.0 Å². The monoisotopic (exact) mass is 490 g/mol. The number of piperazine rings is 1. The molecule has 1 saturated heterocycles. The highest BCUT2D eigenvalue weighted by Gasteiger charge is 2.43. The highest BCUT2D eigenvalue weighted by Crippen LogP contribution is 2.49. The van der Waals surface area contributed by atoms with Crippen molar-refractivity contribution in [1.82, 2.24) is 15.2 Å². The highest BCUT2D eigenvalue weighted by atomic mass is 35.5. The van der Waals surface area contributed by atoms with Gasteiger partial charge in [-0.15, -0.1) is 0 Å². The van der Waals surface area contributed by atoms with Gasteiger partial charge in [-0.05, 0) is 37.1 Å². The van der Waals surface area contributed by atoms with Crippen LogP contribution in [0.15, 0.2) is 34.9 Å². The Hall–Kier alpha value is -3.28. The van der Waals surface area contributed by atoms with Crippen LogP contribution < -0.4 is 15.5 Å². The number of carbonyl (C=O) groups is 1. The predicted octanol–water partition coefficient (Wildman–Crippen LogP) is 4.97. The highest BCUT2D eigenvalue weighted by molar-refractivity contribution is 6.35. The van der Waals surface area contributed by atoms with E-state index in [9.17, 15) is 10.1 Å². The molecule has 2 amide bonds. The van der Waals surface area contributed by atoms with E-state index in [0.29, 0.717) is 22.8 Å². The third-order valence-electron chi connectivity index (χ3n) is 7.55. The molecular formula is C26H27ClN6O2. The van der Waals surface area contributed by atoms with Crippen molar-refractivity contribution in [3.63, 3.8) is 0 Å². The third kappa shape index (κ3) is 3.89. The number of anilines is 2. The minimum atomic E-state index is -0.430. The molecule has 35 heavy (non-hydrogen) atoms. The Morgan fingerprint density at radius 2 is 1.97 bits per heavy atom. The average Bonchev–Trinajstić information content (AvgIpc) is 3.26. The summed E-state index contributed by atoms with van der Waals surface area (Å²) in [5, 5.41) is 17.1. The number of halogens is 1. The molecule has 3 aromatic rings. The molecule has 1 aromatic carbocycles. The van der Waals surface area contributed by atoms with Gasteiger partial charge >= 0.3 is 6.03 Å². The summed E-state index contributed by atoms with van der Waals surface area (Å²) in [7, 11) is 0. The summed E-state index contributed by atoms with van der Waals surface area (Å²) in [6.07, 6.45) is 6.82. The molecule has 8 nitrogen and oxygen atoms in total. The van der Waals surface area contributed by atoms with Gasteiger partial charge in [0.15, 0.2) is 0 Å². The Labute approximate surface area is 208 Å². The Morgan fingerprint density at radius 3 is 2.74 bits per heavy atom. The Balaban J connectivity index is 1.26. The van der Waals surface area contributed by atoms with Gasteiger partial charge in [-0.1, -0.05) is 30.9 Å². The fourth-order valence-electron chi connectivity index (χ4n) is 5.89. The molecule has 1 aliphatic carbocycles. The summed E-state index contributed by atoms with van der Waals surface area (Å²) in [6.45, 7) is 3.98. The number of fused-ring (bicyclic) bond motifs is 4. The molecule has 1 spiro atoms. The lowest BCUT2D eigenvalue weighted by atomic mass is 9.74. The molecule has 0 unspecified atom stereocenters. The minimum Gasteiger partial charge on any atom is -0.459 e. The molecule has 1 saturated carbocycles. The Kier molecular flexibility index (Phi) is 5.54. The maximum atomic E-state index is 12.5. The summed E-state index contributed by atoms with van der Waals surface area (Å²) in [5.41, 5.74) is 2.68. The second kappa shape index (κ2) is 8.74. The number of aromatic nitrogens is 1. The largest absolute Gasteiger partial charge is 0.459 e. The van der Waals surface area contributed by atoms with Crippen molar-refractivity contribution in [2.45, 2.75) is 44.2 Å². The molecule has 0 bridgehead atoms. The first-order valence-corrected chi connectivity index (χ1v) is 12.6. The molecule has 9 heteroatoms. The van der Waals surface area contributed by atoms with Gasteiger partial charge in [-0.2, -0.15) is 5.26 Å². The van der Waals surface area contributed by atoms with Crippen LogP contribution in [0.25, 0.3) is 11.0 Å². The van der Waals surface area contributed by atoms with Gasteiger partial charge in [0.25, 0.3) is 0 Å². The molecule has 6 rings (SSSR count). The summed E-state index contributed by atoms with van der Waals surface area (Å²) < 4.78 is 6.47. The van der Waals surface area contributed by atoms with Gasteiger partial charge in [0, 0.05) is 43.3 Å². The fraction of sp³-hybridized carbons (Fsp3) is 0.423. The molecule has 0 radical (unpaired) electrons. The quantitative estimate of drug-likeness (QED) is 0.538. The number of nitrogens with zero attached hydrogens (tertiary/aromatic N) is 4. The molecule has 2 aromatic heterocycles. The van der Waals surface area contributed by atoms with E-state index in [1.54, 1.807) is 12.3 Å². The van der Waals surface area contributed by atoms with Crippen molar-refractivity contribution in [3.8, 4) is 6.07 Å². The maximum Gasteiger partial charge on any atom is 0.319 e. The van der Waals surface area contributed by atoms with E-state index in [-0.39, 0.29) is 6.03 Å². The third-order valence-corrected chi connectivity index (χ3v) is 7.84. The standard InChI is InChI=1S/C26H27ClN6O2/c27-20-14-18-13-19(16-32-9-11-33(12-10-32)24-17(15-28)5-4-8-29-24)35-23(18)21-22(20)30-25(34)31-26(21)6-2-1-3-7-26/h4-5,8,13-14H,1-3,6-7,9-12,16H2,(H2,30,31,34). The first kappa shape index (κ1) is 22.2. The Bertz CT molecular complexity index is 1330. The van der Waals surface area contributed by atoms with Crippen LogP contribution in [-0.4, -0.2) is 42.1 Å². The van der Waals surface area contributed by atoms with E-state index in [4.69, 9.17) is 16.0 Å². The number of nitriles is 1. The van der Waals surface area contributed by atoms with Crippen molar-refractivity contribution in [1.29, 1.82) is 5.26 Å². The number of hydrogen-bond donors (Lipinski definition) is 2. The molecule has 2 fully saturated rings. The van der Waals surface area contributed by atoms with Crippen LogP contribution in [-0.2, 0) is 12.1 Å².